The molecule has 0 bridgehead atoms. The van der Waals surface area contributed by atoms with Crippen LogP contribution >= 0.6 is 0 Å². The van der Waals surface area contributed by atoms with E-state index in [4.69, 9.17) is 14.0 Å². The topological polar surface area (TPSA) is 73.6 Å². The van der Waals surface area contributed by atoms with Gasteiger partial charge in [0.1, 0.15) is 0 Å². The first-order valence-corrected chi connectivity index (χ1v) is 10.2. The molecular weight excluding hydrogens is 404 g/mol. The predicted molar refractivity (Wildman–Crippen MR) is 122 cm³/mol. The fourth-order valence-corrected chi connectivity index (χ4v) is 3.55. The summed E-state index contributed by atoms with van der Waals surface area (Å²) in [6, 6.07) is 26.8. The highest BCUT2D eigenvalue weighted by Crippen LogP contribution is 2.32. The summed E-state index contributed by atoms with van der Waals surface area (Å²) in [4.78, 5) is 12.9. The number of aromatic nitrogens is 1. The van der Waals surface area contributed by atoms with Gasteiger partial charge in [-0.1, -0.05) is 65.8 Å². The number of rotatable bonds is 8. The summed E-state index contributed by atoms with van der Waals surface area (Å²) in [5.74, 6) is 1.63. The summed E-state index contributed by atoms with van der Waals surface area (Å²) in [6.07, 6.45) is 0.104. The smallest absolute Gasteiger partial charge is 0.226 e. The number of hydrogen-bond donors (Lipinski definition) is 1. The molecule has 0 radical (unpaired) electrons. The Hall–Kier alpha value is -4.06. The van der Waals surface area contributed by atoms with E-state index in [1.807, 2.05) is 72.8 Å². The Kier molecular flexibility index (Phi) is 6.51. The second kappa shape index (κ2) is 9.83. The minimum Gasteiger partial charge on any atom is -0.493 e. The van der Waals surface area contributed by atoms with E-state index >= 15 is 0 Å². The van der Waals surface area contributed by atoms with Gasteiger partial charge >= 0.3 is 0 Å². The molecule has 1 heterocycles. The molecule has 1 N–H and O–H groups in total. The first-order valence-electron chi connectivity index (χ1n) is 10.2. The van der Waals surface area contributed by atoms with Crippen molar-refractivity contribution in [2.24, 2.45) is 0 Å². The third-order valence-corrected chi connectivity index (χ3v) is 5.14. The quantitative estimate of drug-likeness (QED) is 0.436. The Morgan fingerprint density at radius 1 is 0.875 bits per heavy atom. The van der Waals surface area contributed by atoms with Crippen LogP contribution in [0.4, 0.5) is 0 Å². The van der Waals surface area contributed by atoms with E-state index in [1.54, 1.807) is 26.4 Å². The van der Waals surface area contributed by atoms with Gasteiger partial charge in [0.05, 0.1) is 32.4 Å². The van der Waals surface area contributed by atoms with Crippen LogP contribution in [0.2, 0.25) is 0 Å². The zero-order valence-corrected chi connectivity index (χ0v) is 17.9. The van der Waals surface area contributed by atoms with Gasteiger partial charge in [-0.05, 0) is 29.3 Å². The molecule has 0 atom stereocenters. The lowest BCUT2D eigenvalue weighted by Gasteiger charge is -2.19. The van der Waals surface area contributed by atoms with E-state index in [2.05, 4.69) is 10.5 Å². The fourth-order valence-electron chi connectivity index (χ4n) is 3.55. The molecule has 1 aromatic heterocycles. The van der Waals surface area contributed by atoms with Gasteiger partial charge in [-0.25, -0.2) is 0 Å². The van der Waals surface area contributed by atoms with Crippen LogP contribution in [-0.4, -0.2) is 25.3 Å². The van der Waals surface area contributed by atoms with Crippen LogP contribution in [0.25, 0.3) is 11.3 Å². The van der Waals surface area contributed by atoms with E-state index in [0.717, 1.165) is 16.7 Å². The number of carbonyl (C=O) groups is 1. The fraction of sp³-hybridized carbons (Fsp3) is 0.154. The van der Waals surface area contributed by atoms with Gasteiger partial charge in [0.25, 0.3) is 0 Å². The van der Waals surface area contributed by atoms with Crippen molar-refractivity contribution in [2.45, 2.75) is 12.5 Å². The average molecular weight is 428 g/mol. The van der Waals surface area contributed by atoms with E-state index in [0.29, 0.717) is 23.0 Å². The third kappa shape index (κ3) is 4.81. The van der Waals surface area contributed by atoms with E-state index in [9.17, 15) is 4.79 Å². The summed E-state index contributed by atoms with van der Waals surface area (Å²) in [7, 11) is 3.16. The normalized spacial score (nSPS) is 10.7. The highest BCUT2D eigenvalue weighted by molar-refractivity contribution is 5.79. The van der Waals surface area contributed by atoms with E-state index in [1.165, 1.54) is 0 Å². The summed E-state index contributed by atoms with van der Waals surface area (Å²) in [6.45, 7) is 0. The first kappa shape index (κ1) is 21.2. The molecule has 1 amide bonds. The van der Waals surface area contributed by atoms with Crippen LogP contribution < -0.4 is 14.8 Å². The molecule has 4 aromatic rings. The molecule has 3 aromatic carbocycles. The lowest BCUT2D eigenvalue weighted by molar-refractivity contribution is -0.121. The molecule has 4 rings (SSSR count). The highest BCUT2D eigenvalue weighted by atomic mass is 16.5. The molecule has 0 saturated heterocycles. The number of methoxy groups -OCH3 is 2. The van der Waals surface area contributed by atoms with Crippen molar-refractivity contribution < 1.29 is 18.8 Å². The maximum absolute atomic E-state index is 12.9. The molecule has 0 aliphatic rings. The number of hydrogen-bond acceptors (Lipinski definition) is 5. The van der Waals surface area contributed by atoms with Gasteiger partial charge in [0, 0.05) is 11.6 Å². The zero-order chi connectivity index (χ0) is 22.3. The van der Waals surface area contributed by atoms with E-state index < -0.39 is 0 Å². The maximum atomic E-state index is 12.9. The van der Waals surface area contributed by atoms with Gasteiger partial charge in [0.15, 0.2) is 17.3 Å². The minimum atomic E-state index is -0.248. The van der Waals surface area contributed by atoms with Crippen LogP contribution in [0.1, 0.15) is 22.9 Å². The summed E-state index contributed by atoms with van der Waals surface area (Å²) < 4.78 is 16.1. The van der Waals surface area contributed by atoms with Crippen molar-refractivity contribution in [3.8, 4) is 22.8 Å². The maximum Gasteiger partial charge on any atom is 0.226 e. The Balaban J connectivity index is 1.50. The van der Waals surface area contributed by atoms with Gasteiger partial charge in [0.2, 0.25) is 5.91 Å². The minimum absolute atomic E-state index is 0.104. The summed E-state index contributed by atoms with van der Waals surface area (Å²) in [5, 5.41) is 7.20. The van der Waals surface area contributed by atoms with Crippen LogP contribution in [0, 0.1) is 0 Å². The molecule has 6 heteroatoms. The molecule has 32 heavy (non-hydrogen) atoms. The Bertz CT molecular complexity index is 1130. The highest BCUT2D eigenvalue weighted by Gasteiger charge is 2.18. The Labute approximate surface area is 186 Å². The molecular formula is C26H24N2O4. The Morgan fingerprint density at radius 2 is 1.50 bits per heavy atom. The molecule has 162 valence electrons. The van der Waals surface area contributed by atoms with Gasteiger partial charge in [-0.3, -0.25) is 4.79 Å². The second-order valence-corrected chi connectivity index (χ2v) is 7.25. The van der Waals surface area contributed by atoms with Crippen LogP contribution in [0.15, 0.2) is 89.5 Å². The molecule has 0 saturated carbocycles. The van der Waals surface area contributed by atoms with Crippen LogP contribution in [-0.2, 0) is 11.2 Å². The monoisotopic (exact) mass is 428 g/mol. The largest absolute Gasteiger partial charge is 0.493 e. The Morgan fingerprint density at radius 3 is 2.09 bits per heavy atom. The molecule has 0 spiro atoms. The lowest BCUT2D eigenvalue weighted by Crippen LogP contribution is -2.30. The van der Waals surface area contributed by atoms with Crippen molar-refractivity contribution in [3.05, 3.63) is 102 Å². The number of ether oxygens (including phenoxy) is 2. The SMILES string of the molecule is COc1ccc(-c2cc(CC(=O)NC(c3ccccc3)c3ccccc3)no2)cc1OC. The van der Waals surface area contributed by atoms with E-state index in [-0.39, 0.29) is 18.4 Å². The molecule has 6 nitrogen and oxygen atoms in total. The molecule has 0 aliphatic carbocycles. The number of nitrogens with zero attached hydrogens (tertiary/aromatic N) is 1. The number of amides is 1. The number of benzene rings is 3. The number of nitrogens with one attached hydrogen (secondary N) is 1. The summed E-state index contributed by atoms with van der Waals surface area (Å²) in [5.41, 5.74) is 3.36. The molecule has 0 aliphatic heterocycles. The van der Waals surface area contributed by atoms with Crippen molar-refractivity contribution in [1.82, 2.24) is 10.5 Å². The van der Waals surface area contributed by atoms with Crippen molar-refractivity contribution in [1.29, 1.82) is 0 Å². The number of carbonyl (C=O) groups excluding carboxylic acids is 1. The average Bonchev–Trinajstić information content (AvgIpc) is 3.31. The summed E-state index contributed by atoms with van der Waals surface area (Å²) >= 11 is 0. The molecule has 0 fully saturated rings. The predicted octanol–water partition coefficient (Wildman–Crippen LogP) is 4.81. The zero-order valence-electron chi connectivity index (χ0n) is 17.9. The van der Waals surface area contributed by atoms with Gasteiger partial charge in [-0.2, -0.15) is 0 Å². The lowest BCUT2D eigenvalue weighted by atomic mass is 9.98. The standard InChI is InChI=1S/C26H24N2O4/c1-30-22-14-13-20(15-24(22)31-2)23-16-21(28-32-23)17-25(29)27-26(18-9-5-3-6-10-18)19-11-7-4-8-12-19/h3-16,26H,17H2,1-2H3,(H,27,29). The first-order chi connectivity index (χ1) is 15.7. The van der Waals surface area contributed by atoms with Crippen LogP contribution in [0.5, 0.6) is 11.5 Å². The second-order valence-electron chi connectivity index (χ2n) is 7.25. The van der Waals surface area contributed by atoms with Crippen LogP contribution in [0.3, 0.4) is 0 Å². The van der Waals surface area contributed by atoms with Crippen molar-refractivity contribution in [2.75, 3.05) is 14.2 Å². The third-order valence-electron chi connectivity index (χ3n) is 5.14. The van der Waals surface area contributed by atoms with Crippen molar-refractivity contribution in [3.63, 3.8) is 0 Å². The van der Waals surface area contributed by atoms with Gasteiger partial charge in [-0.15, -0.1) is 0 Å². The van der Waals surface area contributed by atoms with Gasteiger partial charge < -0.3 is 19.3 Å². The molecule has 0 unspecified atom stereocenters. The van der Waals surface area contributed by atoms with Crippen molar-refractivity contribution >= 4 is 5.91 Å².